The summed E-state index contributed by atoms with van der Waals surface area (Å²) in [6, 6.07) is 15.9. The molecule has 0 unspecified atom stereocenters. The molecule has 1 aliphatic carbocycles. The fraction of sp³-hybridized carbons (Fsp3) is 0.261. The molecule has 0 saturated heterocycles. The second-order valence-electron chi connectivity index (χ2n) is 7.46. The van der Waals surface area contributed by atoms with Crippen LogP contribution in [0.5, 0.6) is 0 Å². The Morgan fingerprint density at radius 3 is 2.35 bits per heavy atom. The van der Waals surface area contributed by atoms with Gasteiger partial charge in [-0.15, -0.1) is 0 Å². The highest BCUT2D eigenvalue weighted by atomic mass is 19.4. The molecule has 1 saturated carbocycles. The minimum absolute atomic E-state index is 0.0264. The standard InChI is InChI=1S/C23H20F3N5/c24-23(25,26)19-14-28-22(29-17-11-9-15(13-27)10-12-17)31-21(19)30-20-8-4-3-7-18(20)16-5-1-2-6-16/h3-4,7-12,14,16H,1-2,5-6H2,(H2,28,29,30,31). The topological polar surface area (TPSA) is 73.6 Å². The van der Waals surface area contributed by atoms with Gasteiger partial charge in [-0.05, 0) is 54.7 Å². The first-order valence-corrected chi connectivity index (χ1v) is 10.0. The summed E-state index contributed by atoms with van der Waals surface area (Å²) in [5.74, 6) is 0.0544. The minimum atomic E-state index is -4.60. The van der Waals surface area contributed by atoms with E-state index in [0.717, 1.165) is 37.4 Å². The maximum absolute atomic E-state index is 13.6. The van der Waals surface area contributed by atoms with Crippen molar-refractivity contribution in [3.05, 3.63) is 71.4 Å². The van der Waals surface area contributed by atoms with Crippen molar-refractivity contribution in [1.29, 1.82) is 5.26 Å². The zero-order valence-electron chi connectivity index (χ0n) is 16.6. The van der Waals surface area contributed by atoms with E-state index in [9.17, 15) is 13.2 Å². The zero-order chi connectivity index (χ0) is 21.8. The molecular weight excluding hydrogens is 403 g/mol. The number of benzene rings is 2. The number of nitrogens with one attached hydrogen (secondary N) is 2. The molecule has 5 nitrogen and oxygen atoms in total. The Morgan fingerprint density at radius 2 is 1.68 bits per heavy atom. The van der Waals surface area contributed by atoms with Crippen molar-refractivity contribution in [3.8, 4) is 6.07 Å². The van der Waals surface area contributed by atoms with E-state index in [4.69, 9.17) is 5.26 Å². The molecule has 0 amide bonds. The van der Waals surface area contributed by atoms with Crippen molar-refractivity contribution in [1.82, 2.24) is 9.97 Å². The van der Waals surface area contributed by atoms with Gasteiger partial charge in [-0.1, -0.05) is 31.0 Å². The maximum Gasteiger partial charge on any atom is 0.421 e. The lowest BCUT2D eigenvalue weighted by Crippen LogP contribution is -2.13. The third-order valence-corrected chi connectivity index (χ3v) is 5.37. The average molecular weight is 423 g/mol. The van der Waals surface area contributed by atoms with Crippen LogP contribution < -0.4 is 10.6 Å². The number of halogens is 3. The Bertz CT molecular complexity index is 1100. The first-order valence-electron chi connectivity index (χ1n) is 10.0. The first kappa shape index (κ1) is 20.7. The van der Waals surface area contributed by atoms with E-state index >= 15 is 0 Å². The number of nitriles is 1. The number of aromatic nitrogens is 2. The van der Waals surface area contributed by atoms with E-state index in [1.54, 1.807) is 36.4 Å². The van der Waals surface area contributed by atoms with Crippen LogP contribution in [0.1, 0.15) is 48.3 Å². The molecular formula is C23H20F3N5. The lowest BCUT2D eigenvalue weighted by atomic mass is 9.96. The minimum Gasteiger partial charge on any atom is -0.339 e. The summed E-state index contributed by atoms with van der Waals surface area (Å²) in [6.07, 6.45) is 0.481. The molecule has 0 spiro atoms. The molecule has 8 heteroatoms. The van der Waals surface area contributed by atoms with E-state index in [1.807, 2.05) is 18.2 Å². The number of alkyl halides is 3. The van der Waals surface area contributed by atoms with Crippen molar-refractivity contribution in [2.24, 2.45) is 0 Å². The summed E-state index contributed by atoms with van der Waals surface area (Å²) in [6.45, 7) is 0. The van der Waals surface area contributed by atoms with E-state index in [0.29, 0.717) is 22.9 Å². The zero-order valence-corrected chi connectivity index (χ0v) is 16.6. The summed E-state index contributed by atoms with van der Waals surface area (Å²) in [5.41, 5.74) is 1.75. The van der Waals surface area contributed by atoms with Gasteiger partial charge >= 0.3 is 6.18 Å². The molecule has 0 radical (unpaired) electrons. The van der Waals surface area contributed by atoms with Gasteiger partial charge in [0, 0.05) is 17.6 Å². The van der Waals surface area contributed by atoms with E-state index in [2.05, 4.69) is 20.6 Å². The van der Waals surface area contributed by atoms with Crippen LogP contribution in [0.4, 0.5) is 36.3 Å². The molecule has 0 aliphatic heterocycles. The number of hydrogen-bond donors (Lipinski definition) is 2. The quantitative estimate of drug-likeness (QED) is 0.489. The number of hydrogen-bond acceptors (Lipinski definition) is 5. The van der Waals surface area contributed by atoms with Crippen LogP contribution in [0, 0.1) is 11.3 Å². The second-order valence-corrected chi connectivity index (χ2v) is 7.46. The summed E-state index contributed by atoms with van der Waals surface area (Å²) in [5, 5.41) is 14.7. The van der Waals surface area contributed by atoms with E-state index < -0.39 is 11.7 Å². The van der Waals surface area contributed by atoms with Crippen LogP contribution in [-0.4, -0.2) is 9.97 Å². The molecule has 2 aromatic carbocycles. The van der Waals surface area contributed by atoms with Crippen molar-refractivity contribution >= 4 is 23.1 Å². The highest BCUT2D eigenvalue weighted by Gasteiger charge is 2.35. The van der Waals surface area contributed by atoms with Gasteiger partial charge in [0.2, 0.25) is 5.95 Å². The summed E-state index contributed by atoms with van der Waals surface area (Å²) in [7, 11) is 0. The highest BCUT2D eigenvalue weighted by Crippen LogP contribution is 2.40. The van der Waals surface area contributed by atoms with E-state index in [1.165, 1.54) is 0 Å². The number of anilines is 4. The molecule has 1 fully saturated rings. The summed E-state index contributed by atoms with van der Waals surface area (Å²) in [4.78, 5) is 7.96. The van der Waals surface area contributed by atoms with Crippen molar-refractivity contribution < 1.29 is 13.2 Å². The molecule has 4 rings (SSSR count). The smallest absolute Gasteiger partial charge is 0.339 e. The molecule has 0 bridgehead atoms. The Morgan fingerprint density at radius 1 is 0.968 bits per heavy atom. The fourth-order valence-corrected chi connectivity index (χ4v) is 3.83. The van der Waals surface area contributed by atoms with Crippen molar-refractivity contribution in [3.63, 3.8) is 0 Å². The molecule has 0 atom stereocenters. The van der Waals surface area contributed by atoms with Gasteiger partial charge in [0.05, 0.1) is 11.6 Å². The highest BCUT2D eigenvalue weighted by molar-refractivity contribution is 5.66. The maximum atomic E-state index is 13.6. The third-order valence-electron chi connectivity index (χ3n) is 5.37. The second kappa shape index (κ2) is 8.64. The fourth-order valence-electron chi connectivity index (χ4n) is 3.83. The average Bonchev–Trinajstić information content (AvgIpc) is 3.29. The van der Waals surface area contributed by atoms with Gasteiger partial charge in [0.25, 0.3) is 0 Å². The Hall–Kier alpha value is -3.60. The Labute approximate surface area is 178 Å². The molecule has 158 valence electrons. The SMILES string of the molecule is N#Cc1ccc(Nc2ncc(C(F)(F)F)c(Nc3ccccc3C3CCCC3)n2)cc1. The lowest BCUT2D eigenvalue weighted by Gasteiger charge is -2.19. The van der Waals surface area contributed by atoms with Crippen LogP contribution in [-0.2, 0) is 6.18 Å². The van der Waals surface area contributed by atoms with Gasteiger partial charge in [-0.2, -0.15) is 23.4 Å². The molecule has 1 aliphatic rings. The Balaban J connectivity index is 1.67. The lowest BCUT2D eigenvalue weighted by molar-refractivity contribution is -0.137. The van der Waals surface area contributed by atoms with Gasteiger partial charge in [-0.25, -0.2) is 4.98 Å². The number of nitrogens with zero attached hydrogens (tertiary/aromatic N) is 3. The van der Waals surface area contributed by atoms with E-state index in [-0.39, 0.29) is 11.8 Å². The monoisotopic (exact) mass is 423 g/mol. The molecule has 1 aromatic heterocycles. The van der Waals surface area contributed by atoms with Crippen molar-refractivity contribution in [2.75, 3.05) is 10.6 Å². The first-order chi connectivity index (χ1) is 14.9. The van der Waals surface area contributed by atoms with Gasteiger partial charge in [-0.3, -0.25) is 0 Å². The van der Waals surface area contributed by atoms with Crippen LogP contribution >= 0.6 is 0 Å². The van der Waals surface area contributed by atoms with Gasteiger partial charge < -0.3 is 10.6 Å². The molecule has 3 aromatic rings. The summed E-state index contributed by atoms with van der Waals surface area (Å²) >= 11 is 0. The molecule has 1 heterocycles. The molecule has 31 heavy (non-hydrogen) atoms. The number of para-hydroxylation sites is 1. The van der Waals surface area contributed by atoms with Crippen LogP contribution in [0.25, 0.3) is 0 Å². The molecule has 2 N–H and O–H groups in total. The normalized spacial score (nSPS) is 14.3. The number of rotatable bonds is 5. The third kappa shape index (κ3) is 4.77. The Kier molecular flexibility index (Phi) is 5.76. The van der Waals surface area contributed by atoms with Crippen LogP contribution in [0.3, 0.4) is 0 Å². The van der Waals surface area contributed by atoms with Gasteiger partial charge in [0.1, 0.15) is 11.4 Å². The largest absolute Gasteiger partial charge is 0.421 e. The van der Waals surface area contributed by atoms with Crippen LogP contribution in [0.2, 0.25) is 0 Å². The van der Waals surface area contributed by atoms with Crippen LogP contribution in [0.15, 0.2) is 54.7 Å². The predicted molar refractivity (Wildman–Crippen MR) is 112 cm³/mol. The predicted octanol–water partition coefficient (Wildman–Crippen LogP) is 6.51. The summed E-state index contributed by atoms with van der Waals surface area (Å²) < 4.78 is 40.9. The van der Waals surface area contributed by atoms with Gasteiger partial charge in [0.15, 0.2) is 0 Å². The van der Waals surface area contributed by atoms with Crippen molar-refractivity contribution in [2.45, 2.75) is 37.8 Å².